The van der Waals surface area contributed by atoms with Gasteiger partial charge in [0.25, 0.3) is 0 Å². The Hall–Kier alpha value is -1.47. The summed E-state index contributed by atoms with van der Waals surface area (Å²) < 4.78 is 37.6. The van der Waals surface area contributed by atoms with Crippen molar-refractivity contribution in [1.29, 1.82) is 0 Å². The highest BCUT2D eigenvalue weighted by Gasteiger charge is 2.40. The normalized spacial score (nSPS) is 12.7. The van der Waals surface area contributed by atoms with Gasteiger partial charge in [-0.05, 0) is 12.5 Å². The number of alkyl halides is 3. The smallest absolute Gasteiger partial charge is 0.379 e. The number of unbranched alkanes of at least 4 members (excludes halogenated alkanes) is 4. The largest absolute Gasteiger partial charge is 0.418 e. The van der Waals surface area contributed by atoms with Gasteiger partial charge in [0.15, 0.2) is 6.10 Å². The van der Waals surface area contributed by atoms with Crippen molar-refractivity contribution < 1.29 is 18.3 Å². The van der Waals surface area contributed by atoms with E-state index in [2.05, 4.69) is 18.8 Å². The van der Waals surface area contributed by atoms with Gasteiger partial charge in [-0.3, -0.25) is 0 Å². The van der Waals surface area contributed by atoms with Crippen molar-refractivity contribution in [2.75, 3.05) is 0 Å². The van der Waals surface area contributed by atoms with Crippen LogP contribution >= 0.6 is 0 Å². The second kappa shape index (κ2) is 7.96. The lowest BCUT2D eigenvalue weighted by atomic mass is 10.0. The number of rotatable bonds is 5. The summed E-state index contributed by atoms with van der Waals surface area (Å²) >= 11 is 0. The van der Waals surface area contributed by atoms with E-state index in [9.17, 15) is 18.3 Å². The molecule has 1 atom stereocenters. The highest BCUT2D eigenvalue weighted by Crippen LogP contribution is 2.33. The number of aliphatic hydroxyl groups is 1. The summed E-state index contributed by atoms with van der Waals surface area (Å²) in [4.78, 5) is 0. The van der Waals surface area contributed by atoms with E-state index in [1.54, 1.807) is 6.07 Å². The first-order valence-electron chi connectivity index (χ1n) is 6.79. The van der Waals surface area contributed by atoms with E-state index in [1.165, 1.54) is 18.2 Å². The fourth-order valence-electron chi connectivity index (χ4n) is 1.82. The first-order valence-corrected chi connectivity index (χ1v) is 6.79. The number of hydrogen-bond acceptors (Lipinski definition) is 1. The molecular weight excluding hydrogens is 265 g/mol. The van der Waals surface area contributed by atoms with Gasteiger partial charge in [0, 0.05) is 17.5 Å². The van der Waals surface area contributed by atoms with Crippen LogP contribution in [-0.2, 0) is 0 Å². The molecule has 1 rings (SSSR count). The average molecular weight is 284 g/mol. The van der Waals surface area contributed by atoms with Gasteiger partial charge in [-0.1, -0.05) is 56.2 Å². The van der Waals surface area contributed by atoms with Gasteiger partial charge in [-0.2, -0.15) is 13.2 Å². The fraction of sp³-hybridized carbons (Fsp3) is 0.500. The lowest BCUT2D eigenvalue weighted by Crippen LogP contribution is -2.21. The third kappa shape index (κ3) is 5.26. The first-order chi connectivity index (χ1) is 9.46. The van der Waals surface area contributed by atoms with Gasteiger partial charge < -0.3 is 5.11 Å². The van der Waals surface area contributed by atoms with E-state index < -0.39 is 12.3 Å². The van der Waals surface area contributed by atoms with Crippen molar-refractivity contribution >= 4 is 0 Å². The maximum absolute atomic E-state index is 12.5. The van der Waals surface area contributed by atoms with E-state index in [1.807, 2.05) is 0 Å². The van der Waals surface area contributed by atoms with Crippen LogP contribution < -0.4 is 0 Å². The zero-order chi connectivity index (χ0) is 15.0. The lowest BCUT2D eigenvalue weighted by molar-refractivity contribution is -0.206. The van der Waals surface area contributed by atoms with Gasteiger partial charge >= 0.3 is 6.18 Å². The van der Waals surface area contributed by atoms with Crippen LogP contribution in [0.15, 0.2) is 24.3 Å². The Morgan fingerprint density at radius 3 is 2.50 bits per heavy atom. The van der Waals surface area contributed by atoms with Crippen LogP contribution in [0.1, 0.15) is 56.3 Å². The Bertz CT molecular complexity index is 469. The third-order valence-corrected chi connectivity index (χ3v) is 2.94. The Labute approximate surface area is 117 Å². The molecule has 1 nitrogen and oxygen atoms in total. The van der Waals surface area contributed by atoms with Crippen LogP contribution in [0.4, 0.5) is 13.2 Å². The molecule has 1 unspecified atom stereocenters. The molecule has 0 saturated heterocycles. The van der Waals surface area contributed by atoms with Crippen molar-refractivity contribution in [3.63, 3.8) is 0 Å². The molecule has 0 radical (unpaired) electrons. The SMILES string of the molecule is CCCCCCC#Cc1ccccc1C(O)C(F)(F)F. The Morgan fingerprint density at radius 1 is 1.15 bits per heavy atom. The second-order valence-electron chi connectivity index (χ2n) is 4.64. The minimum Gasteiger partial charge on any atom is -0.379 e. The van der Waals surface area contributed by atoms with Crippen molar-refractivity contribution in [3.8, 4) is 11.8 Å². The molecule has 0 aromatic heterocycles. The fourth-order valence-corrected chi connectivity index (χ4v) is 1.82. The summed E-state index contributed by atoms with van der Waals surface area (Å²) in [5.41, 5.74) is 0.0638. The molecule has 1 aromatic carbocycles. The summed E-state index contributed by atoms with van der Waals surface area (Å²) in [6.07, 6.45) is -2.18. The third-order valence-electron chi connectivity index (χ3n) is 2.94. The van der Waals surface area contributed by atoms with Crippen LogP contribution in [0.2, 0.25) is 0 Å². The predicted octanol–water partition coefficient (Wildman–Crippen LogP) is 4.60. The molecule has 0 fully saturated rings. The summed E-state index contributed by atoms with van der Waals surface area (Å²) in [5, 5.41) is 9.32. The Balaban J connectivity index is 2.74. The molecule has 0 spiro atoms. The minimum absolute atomic E-state index is 0.180. The molecule has 0 amide bonds. The molecule has 4 heteroatoms. The molecule has 1 aromatic rings. The van der Waals surface area contributed by atoms with Gasteiger partial charge in [0.05, 0.1) is 0 Å². The Morgan fingerprint density at radius 2 is 1.85 bits per heavy atom. The number of benzene rings is 1. The van der Waals surface area contributed by atoms with Crippen LogP contribution in [-0.4, -0.2) is 11.3 Å². The summed E-state index contributed by atoms with van der Waals surface area (Å²) in [5.74, 6) is 5.61. The monoisotopic (exact) mass is 284 g/mol. The van der Waals surface area contributed by atoms with Crippen molar-refractivity contribution in [2.45, 2.75) is 51.3 Å². The van der Waals surface area contributed by atoms with E-state index >= 15 is 0 Å². The molecule has 0 aliphatic rings. The highest BCUT2D eigenvalue weighted by molar-refractivity contribution is 5.42. The highest BCUT2D eigenvalue weighted by atomic mass is 19.4. The molecule has 110 valence electrons. The summed E-state index contributed by atoms with van der Waals surface area (Å²) in [7, 11) is 0. The van der Waals surface area contributed by atoms with Crippen LogP contribution in [0, 0.1) is 11.8 Å². The Kier molecular flexibility index (Phi) is 6.60. The van der Waals surface area contributed by atoms with Crippen LogP contribution in [0.3, 0.4) is 0 Å². The molecule has 0 heterocycles. The van der Waals surface area contributed by atoms with Crippen molar-refractivity contribution in [2.24, 2.45) is 0 Å². The number of aliphatic hydroxyl groups excluding tert-OH is 1. The van der Waals surface area contributed by atoms with Crippen LogP contribution in [0.5, 0.6) is 0 Å². The van der Waals surface area contributed by atoms with Gasteiger partial charge in [0.1, 0.15) is 0 Å². The molecule has 0 bridgehead atoms. The standard InChI is InChI=1S/C16H19F3O/c1-2-3-4-5-6-7-10-13-11-8-9-12-14(13)15(20)16(17,18)19/h8-9,11-12,15,20H,2-6H2,1H3. The molecule has 0 aliphatic carbocycles. The summed E-state index contributed by atoms with van der Waals surface area (Å²) in [6.45, 7) is 2.11. The molecule has 0 saturated carbocycles. The quantitative estimate of drug-likeness (QED) is 0.618. The zero-order valence-electron chi connectivity index (χ0n) is 11.5. The maximum Gasteiger partial charge on any atom is 0.418 e. The first kappa shape index (κ1) is 16.6. The summed E-state index contributed by atoms with van der Waals surface area (Å²) in [6, 6.07) is 5.85. The minimum atomic E-state index is -4.67. The topological polar surface area (TPSA) is 20.2 Å². The number of halogens is 3. The van der Waals surface area contributed by atoms with Crippen molar-refractivity contribution in [1.82, 2.24) is 0 Å². The lowest BCUT2D eigenvalue weighted by Gasteiger charge is -2.16. The molecule has 0 aliphatic heterocycles. The maximum atomic E-state index is 12.5. The van der Waals surface area contributed by atoms with Crippen molar-refractivity contribution in [3.05, 3.63) is 35.4 Å². The predicted molar refractivity (Wildman–Crippen MR) is 73.1 cm³/mol. The second-order valence-corrected chi connectivity index (χ2v) is 4.64. The molecule has 1 N–H and O–H groups in total. The van der Waals surface area contributed by atoms with Gasteiger partial charge in [-0.25, -0.2) is 0 Å². The van der Waals surface area contributed by atoms with E-state index in [-0.39, 0.29) is 11.1 Å². The average Bonchev–Trinajstić information content (AvgIpc) is 2.41. The van der Waals surface area contributed by atoms with E-state index in [0.29, 0.717) is 6.42 Å². The van der Waals surface area contributed by atoms with Crippen LogP contribution in [0.25, 0.3) is 0 Å². The molecule has 20 heavy (non-hydrogen) atoms. The van der Waals surface area contributed by atoms with Gasteiger partial charge in [-0.15, -0.1) is 0 Å². The molecular formula is C16H19F3O. The van der Waals surface area contributed by atoms with Gasteiger partial charge in [0.2, 0.25) is 0 Å². The van der Waals surface area contributed by atoms with E-state index in [0.717, 1.165) is 25.7 Å². The number of hydrogen-bond donors (Lipinski definition) is 1. The zero-order valence-corrected chi connectivity index (χ0v) is 11.5. The van der Waals surface area contributed by atoms with E-state index in [4.69, 9.17) is 0 Å².